The molecule has 0 saturated heterocycles. The Hall–Kier alpha value is -7.68. The Balaban J connectivity index is 0.996. The van der Waals surface area contributed by atoms with Crippen LogP contribution in [0.4, 0.5) is 0 Å². The Kier molecular flexibility index (Phi) is 6.39. The van der Waals surface area contributed by atoms with Crippen molar-refractivity contribution in [3.05, 3.63) is 193 Å². The van der Waals surface area contributed by atoms with E-state index in [2.05, 4.69) is 196 Å². The van der Waals surface area contributed by atoms with Crippen LogP contribution in [0, 0.1) is 0 Å². The van der Waals surface area contributed by atoms with E-state index in [1.54, 1.807) is 0 Å². The summed E-state index contributed by atoms with van der Waals surface area (Å²) in [5, 5.41) is 16.9. The molecule has 0 unspecified atom stereocenters. The van der Waals surface area contributed by atoms with Crippen molar-refractivity contribution in [2.24, 2.45) is 0 Å². The van der Waals surface area contributed by atoms with Gasteiger partial charge in [-0.3, -0.25) is 0 Å². The molecule has 0 aliphatic heterocycles. The van der Waals surface area contributed by atoms with Crippen molar-refractivity contribution in [2.45, 2.75) is 19.3 Å². The second-order valence-electron chi connectivity index (χ2n) is 17.6. The molecule has 2 heterocycles. The molecule has 0 N–H and O–H groups in total. The van der Waals surface area contributed by atoms with Crippen LogP contribution >= 0.6 is 0 Å². The summed E-state index contributed by atoms with van der Waals surface area (Å²) < 4.78 is 13.8. The van der Waals surface area contributed by atoms with Crippen LogP contribution in [-0.4, -0.2) is 0 Å². The third-order valence-corrected chi connectivity index (χ3v) is 14.0. The minimum atomic E-state index is -0.282. The van der Waals surface area contributed by atoms with Gasteiger partial charge in [0.2, 0.25) is 0 Å². The van der Waals surface area contributed by atoms with Crippen molar-refractivity contribution >= 4 is 97.7 Å². The Morgan fingerprint density at radius 3 is 1.43 bits per heavy atom. The summed E-state index contributed by atoms with van der Waals surface area (Å²) in [4.78, 5) is 0. The maximum atomic E-state index is 6.95. The van der Waals surface area contributed by atoms with Gasteiger partial charge in [0.1, 0.15) is 22.3 Å². The van der Waals surface area contributed by atoms with E-state index in [4.69, 9.17) is 8.83 Å². The minimum absolute atomic E-state index is 0.282. The number of hydrogen-bond donors (Lipinski definition) is 0. The smallest absolute Gasteiger partial charge is 0.143 e. The second kappa shape index (κ2) is 11.7. The maximum Gasteiger partial charge on any atom is 0.143 e. The third kappa shape index (κ3) is 4.46. The zero-order valence-corrected chi connectivity index (χ0v) is 33.6. The second-order valence-corrected chi connectivity index (χ2v) is 17.6. The quantitative estimate of drug-likeness (QED) is 0.175. The summed E-state index contributed by atoms with van der Waals surface area (Å²) in [7, 11) is 0. The molecule has 284 valence electrons. The number of fused-ring (bicyclic) bond motifs is 14. The molecule has 2 heteroatoms. The molecule has 0 atom stereocenters. The SMILES string of the molecule is CC1(C)c2cc(-c3cc4ccccc4c4c3oc3cc5ccccc5cc34)ccc2-c2ccc(-c3cc4ccccc4c4c3oc3cc5ccccc5cc34)c3cccc1c23. The normalized spacial score (nSPS) is 13.5. The molecule has 13 aromatic rings. The molecule has 0 spiro atoms. The van der Waals surface area contributed by atoms with Crippen LogP contribution in [0.25, 0.3) is 131 Å². The van der Waals surface area contributed by atoms with Gasteiger partial charge in [-0.05, 0) is 130 Å². The van der Waals surface area contributed by atoms with Gasteiger partial charge in [-0.15, -0.1) is 0 Å². The van der Waals surface area contributed by atoms with E-state index in [1.807, 2.05) is 0 Å². The molecule has 61 heavy (non-hydrogen) atoms. The van der Waals surface area contributed by atoms with Crippen molar-refractivity contribution in [2.75, 3.05) is 0 Å². The summed E-state index contributed by atoms with van der Waals surface area (Å²) in [6, 6.07) is 66.9. The standard InChI is InChI=1S/C59H36O2/c1-59(2)50-21-11-20-44-42(47-29-38-17-8-10-19-41(38)56-49-27-34-13-4-6-15-36(34)32-53(49)61-58(47)56)24-25-45(54(44)50)43-23-22-39(30-51(43)59)46-28-37-16-7-9-18-40(37)55-48-26-33-12-3-5-14-35(33)31-52(48)60-57(46)55/h3-32H,1-2H3. The molecule has 0 radical (unpaired) electrons. The molecule has 2 nitrogen and oxygen atoms in total. The largest absolute Gasteiger partial charge is 0.455 e. The highest BCUT2D eigenvalue weighted by molar-refractivity contribution is 6.26. The fourth-order valence-electron chi connectivity index (χ4n) is 11.0. The third-order valence-electron chi connectivity index (χ3n) is 14.0. The molecule has 0 fully saturated rings. The van der Waals surface area contributed by atoms with Crippen LogP contribution in [0.3, 0.4) is 0 Å². The van der Waals surface area contributed by atoms with E-state index < -0.39 is 0 Å². The van der Waals surface area contributed by atoms with Gasteiger partial charge < -0.3 is 8.83 Å². The van der Waals surface area contributed by atoms with E-state index in [9.17, 15) is 0 Å². The predicted molar refractivity (Wildman–Crippen MR) is 257 cm³/mol. The zero-order valence-electron chi connectivity index (χ0n) is 33.6. The van der Waals surface area contributed by atoms with Crippen LogP contribution in [0.5, 0.6) is 0 Å². The lowest BCUT2D eigenvalue weighted by Crippen LogP contribution is -2.23. The van der Waals surface area contributed by atoms with Crippen LogP contribution in [0.15, 0.2) is 191 Å². The highest BCUT2D eigenvalue weighted by Gasteiger charge is 2.35. The van der Waals surface area contributed by atoms with Gasteiger partial charge in [0.25, 0.3) is 0 Å². The van der Waals surface area contributed by atoms with Crippen molar-refractivity contribution in [1.82, 2.24) is 0 Å². The van der Waals surface area contributed by atoms with Crippen molar-refractivity contribution in [3.63, 3.8) is 0 Å². The van der Waals surface area contributed by atoms with E-state index >= 15 is 0 Å². The number of hydrogen-bond acceptors (Lipinski definition) is 2. The number of benzene rings is 11. The maximum absolute atomic E-state index is 6.95. The lowest BCUT2D eigenvalue weighted by molar-refractivity contribution is 0.645. The fourth-order valence-corrected chi connectivity index (χ4v) is 11.0. The molecule has 0 saturated carbocycles. The van der Waals surface area contributed by atoms with Gasteiger partial charge in [0, 0.05) is 38.1 Å². The van der Waals surface area contributed by atoms with Crippen LogP contribution in [0.1, 0.15) is 25.0 Å². The monoisotopic (exact) mass is 776 g/mol. The molecule has 1 aliphatic rings. The highest BCUT2D eigenvalue weighted by Crippen LogP contribution is 2.53. The molecular formula is C59H36O2. The van der Waals surface area contributed by atoms with Crippen LogP contribution in [-0.2, 0) is 5.41 Å². The minimum Gasteiger partial charge on any atom is -0.455 e. The fraction of sp³-hybridized carbons (Fsp3) is 0.0508. The molecule has 14 rings (SSSR count). The van der Waals surface area contributed by atoms with Gasteiger partial charge in [-0.2, -0.15) is 0 Å². The van der Waals surface area contributed by atoms with Gasteiger partial charge >= 0.3 is 0 Å². The van der Waals surface area contributed by atoms with E-state index in [-0.39, 0.29) is 5.41 Å². The first-order valence-corrected chi connectivity index (χ1v) is 21.2. The lowest BCUT2D eigenvalue weighted by atomic mass is 9.67. The van der Waals surface area contributed by atoms with Gasteiger partial charge in [-0.1, -0.05) is 153 Å². The average Bonchev–Trinajstić information content (AvgIpc) is 3.87. The summed E-state index contributed by atoms with van der Waals surface area (Å²) in [6.45, 7) is 4.78. The summed E-state index contributed by atoms with van der Waals surface area (Å²) in [5.74, 6) is 0. The predicted octanol–water partition coefficient (Wildman–Crippen LogP) is 16.9. The summed E-state index contributed by atoms with van der Waals surface area (Å²) in [6.07, 6.45) is 0. The van der Waals surface area contributed by atoms with Crippen molar-refractivity contribution in [1.29, 1.82) is 0 Å². The first-order chi connectivity index (χ1) is 30.0. The average molecular weight is 777 g/mol. The van der Waals surface area contributed by atoms with Crippen molar-refractivity contribution in [3.8, 4) is 33.4 Å². The van der Waals surface area contributed by atoms with Crippen molar-refractivity contribution < 1.29 is 8.83 Å². The molecule has 0 bridgehead atoms. The number of furan rings is 2. The van der Waals surface area contributed by atoms with Gasteiger partial charge in [0.05, 0.1) is 0 Å². The highest BCUT2D eigenvalue weighted by atomic mass is 16.3. The van der Waals surface area contributed by atoms with E-state index in [0.29, 0.717) is 0 Å². The Bertz CT molecular complexity index is 4080. The van der Waals surface area contributed by atoms with Crippen LogP contribution < -0.4 is 0 Å². The van der Waals surface area contributed by atoms with E-state index in [1.165, 1.54) is 92.5 Å². The van der Waals surface area contributed by atoms with Crippen LogP contribution in [0.2, 0.25) is 0 Å². The molecule has 0 amide bonds. The molecular weight excluding hydrogens is 741 g/mol. The molecule has 2 aromatic heterocycles. The van der Waals surface area contributed by atoms with Gasteiger partial charge in [0.15, 0.2) is 0 Å². The summed E-state index contributed by atoms with van der Waals surface area (Å²) in [5.41, 5.74) is 13.2. The van der Waals surface area contributed by atoms with Gasteiger partial charge in [-0.25, -0.2) is 0 Å². The first-order valence-electron chi connectivity index (χ1n) is 21.2. The molecule has 11 aromatic carbocycles. The van der Waals surface area contributed by atoms with E-state index in [0.717, 1.165) is 49.8 Å². The zero-order chi connectivity index (χ0) is 40.1. The Labute approximate surface area is 350 Å². The summed E-state index contributed by atoms with van der Waals surface area (Å²) >= 11 is 0. The Morgan fingerprint density at radius 1 is 0.311 bits per heavy atom. The first kappa shape index (κ1) is 33.2. The Morgan fingerprint density at radius 2 is 0.803 bits per heavy atom. The molecule has 1 aliphatic carbocycles. The topological polar surface area (TPSA) is 26.3 Å². The lowest BCUT2D eigenvalue weighted by Gasteiger charge is -2.36. The number of rotatable bonds is 2.